The number of hydrogen-bond acceptors (Lipinski definition) is 7. The first-order valence-electron chi connectivity index (χ1n) is 6.16. The first kappa shape index (κ1) is 12.2. The molecule has 3 rings (SSSR count). The summed E-state index contributed by atoms with van der Waals surface area (Å²) in [5.74, 6) is 0.794. The minimum atomic E-state index is -0.0765. The molecule has 3 heterocycles. The molecule has 19 heavy (non-hydrogen) atoms. The Bertz CT molecular complexity index is 606. The van der Waals surface area contributed by atoms with Crippen LogP contribution in [-0.2, 0) is 0 Å². The van der Waals surface area contributed by atoms with Gasteiger partial charge in [0.05, 0.1) is 12.4 Å². The number of Topliss-reactive ketones (excluding diaryl/α,β-unsaturated/α-hetero) is 1. The van der Waals surface area contributed by atoms with Crippen LogP contribution in [0.3, 0.4) is 0 Å². The van der Waals surface area contributed by atoms with E-state index in [9.17, 15) is 4.79 Å². The molecule has 0 saturated carbocycles. The molecule has 98 valence electrons. The summed E-state index contributed by atoms with van der Waals surface area (Å²) in [4.78, 5) is 22.2. The second-order valence-corrected chi connectivity index (χ2v) is 5.40. The molecule has 2 aromatic heterocycles. The van der Waals surface area contributed by atoms with E-state index in [-0.39, 0.29) is 5.78 Å². The van der Waals surface area contributed by atoms with Crippen molar-refractivity contribution in [1.82, 2.24) is 20.2 Å². The fourth-order valence-corrected chi connectivity index (χ4v) is 2.72. The van der Waals surface area contributed by atoms with Gasteiger partial charge in [-0.15, -0.1) is 10.2 Å². The van der Waals surface area contributed by atoms with Gasteiger partial charge in [-0.05, 0) is 12.8 Å². The molecule has 0 bridgehead atoms. The van der Waals surface area contributed by atoms with E-state index in [0.717, 1.165) is 18.9 Å². The van der Waals surface area contributed by atoms with E-state index in [1.54, 1.807) is 12.4 Å². The van der Waals surface area contributed by atoms with Crippen LogP contribution in [0.5, 0.6) is 0 Å². The molecule has 0 atom stereocenters. The largest absolute Gasteiger partial charge is 0.355 e. The van der Waals surface area contributed by atoms with Gasteiger partial charge in [-0.1, -0.05) is 11.3 Å². The highest BCUT2D eigenvalue weighted by Crippen LogP contribution is 2.24. The van der Waals surface area contributed by atoms with Crippen LogP contribution in [0.15, 0.2) is 12.4 Å². The van der Waals surface area contributed by atoms with E-state index in [1.807, 2.05) is 0 Å². The van der Waals surface area contributed by atoms with Crippen LogP contribution in [0.4, 0.5) is 5.82 Å². The number of anilines is 1. The van der Waals surface area contributed by atoms with E-state index in [4.69, 9.17) is 0 Å². The Hall–Kier alpha value is -1.89. The quantitative estimate of drug-likeness (QED) is 0.795. The lowest BCUT2D eigenvalue weighted by Gasteiger charge is -2.15. The van der Waals surface area contributed by atoms with Crippen LogP contribution < -0.4 is 4.90 Å². The third kappa shape index (κ3) is 2.46. The highest BCUT2D eigenvalue weighted by molar-refractivity contribution is 7.16. The molecule has 0 aromatic carbocycles. The van der Waals surface area contributed by atoms with Gasteiger partial charge in [0.25, 0.3) is 0 Å². The number of ketones is 1. The molecule has 1 saturated heterocycles. The van der Waals surface area contributed by atoms with Crippen molar-refractivity contribution in [2.24, 2.45) is 0 Å². The van der Waals surface area contributed by atoms with Crippen molar-refractivity contribution in [3.05, 3.63) is 17.4 Å². The van der Waals surface area contributed by atoms with E-state index in [1.165, 1.54) is 31.1 Å². The molecule has 2 aromatic rings. The molecule has 0 radical (unpaired) electrons. The zero-order valence-corrected chi connectivity index (χ0v) is 11.4. The smallest absolute Gasteiger partial charge is 0.190 e. The normalized spacial score (nSPS) is 14.9. The summed E-state index contributed by atoms with van der Waals surface area (Å²) in [5.41, 5.74) is 0.675. The van der Waals surface area contributed by atoms with Gasteiger partial charge in [0, 0.05) is 20.0 Å². The topological polar surface area (TPSA) is 71.9 Å². The summed E-state index contributed by atoms with van der Waals surface area (Å²) < 4.78 is 0. The Morgan fingerprint density at radius 1 is 1.26 bits per heavy atom. The van der Waals surface area contributed by atoms with Crippen molar-refractivity contribution < 1.29 is 4.79 Å². The van der Waals surface area contributed by atoms with Crippen LogP contribution in [0.1, 0.15) is 29.6 Å². The number of nitrogens with zero attached hydrogens (tertiary/aromatic N) is 5. The van der Waals surface area contributed by atoms with E-state index in [0.29, 0.717) is 15.7 Å². The van der Waals surface area contributed by atoms with Crippen LogP contribution >= 0.6 is 11.3 Å². The lowest BCUT2D eigenvalue weighted by atomic mass is 10.4. The van der Waals surface area contributed by atoms with Gasteiger partial charge in [-0.25, -0.2) is 4.98 Å². The minimum Gasteiger partial charge on any atom is -0.355 e. The number of hydrogen-bond donors (Lipinski definition) is 0. The predicted molar refractivity (Wildman–Crippen MR) is 72.4 cm³/mol. The van der Waals surface area contributed by atoms with E-state index < -0.39 is 0 Å². The third-order valence-electron chi connectivity index (χ3n) is 3.00. The van der Waals surface area contributed by atoms with Gasteiger partial charge < -0.3 is 4.90 Å². The number of aromatic nitrogens is 4. The predicted octanol–water partition coefficient (Wildman–Crippen LogP) is 1.80. The maximum absolute atomic E-state index is 11.2. The lowest BCUT2D eigenvalue weighted by Crippen LogP contribution is -2.19. The molecule has 7 heteroatoms. The summed E-state index contributed by atoms with van der Waals surface area (Å²) in [6.07, 6.45) is 5.81. The number of carbonyl (C=O) groups is 1. The van der Waals surface area contributed by atoms with Crippen LogP contribution in [0, 0.1) is 0 Å². The minimum absolute atomic E-state index is 0.0765. The van der Waals surface area contributed by atoms with E-state index in [2.05, 4.69) is 25.1 Å². The van der Waals surface area contributed by atoms with Crippen molar-refractivity contribution in [2.45, 2.75) is 19.8 Å². The number of rotatable bonds is 3. The molecule has 0 aliphatic carbocycles. The second kappa shape index (κ2) is 5.00. The van der Waals surface area contributed by atoms with Crippen molar-refractivity contribution in [1.29, 1.82) is 0 Å². The monoisotopic (exact) mass is 275 g/mol. The molecular weight excluding hydrogens is 262 g/mol. The molecule has 1 fully saturated rings. The van der Waals surface area contributed by atoms with E-state index >= 15 is 0 Å². The molecule has 0 N–H and O–H groups in total. The maximum atomic E-state index is 11.2. The maximum Gasteiger partial charge on any atom is 0.190 e. The molecule has 0 spiro atoms. The third-order valence-corrected chi connectivity index (χ3v) is 4.04. The highest BCUT2D eigenvalue weighted by atomic mass is 32.1. The van der Waals surface area contributed by atoms with Gasteiger partial charge in [-0.3, -0.25) is 9.78 Å². The Balaban J connectivity index is 1.91. The summed E-state index contributed by atoms with van der Waals surface area (Å²) in [6, 6.07) is 0. The average molecular weight is 275 g/mol. The van der Waals surface area contributed by atoms with Crippen LogP contribution in [0.25, 0.3) is 10.7 Å². The fraction of sp³-hybridized carbons (Fsp3) is 0.417. The van der Waals surface area contributed by atoms with Crippen molar-refractivity contribution in [3.8, 4) is 10.7 Å². The standard InChI is InChI=1S/C12H13N5OS/c1-8(18)11-15-16-12(19-11)9-6-13-7-10(14-9)17-4-2-3-5-17/h6-7H,2-5H2,1H3. The van der Waals surface area contributed by atoms with Crippen molar-refractivity contribution in [2.75, 3.05) is 18.0 Å². The van der Waals surface area contributed by atoms with Crippen molar-refractivity contribution in [3.63, 3.8) is 0 Å². The van der Waals surface area contributed by atoms with Crippen LogP contribution in [0.2, 0.25) is 0 Å². The average Bonchev–Trinajstić information content (AvgIpc) is 3.10. The SMILES string of the molecule is CC(=O)c1nnc(-c2cncc(N3CCCC3)n2)s1. The Morgan fingerprint density at radius 2 is 2.05 bits per heavy atom. The Kier molecular flexibility index (Phi) is 3.20. The Morgan fingerprint density at radius 3 is 2.74 bits per heavy atom. The lowest BCUT2D eigenvalue weighted by molar-refractivity contribution is 0.101. The van der Waals surface area contributed by atoms with Crippen LogP contribution in [-0.4, -0.2) is 39.0 Å². The fourth-order valence-electron chi connectivity index (χ4n) is 2.03. The second-order valence-electron chi connectivity index (χ2n) is 4.43. The molecular formula is C12H13N5OS. The zero-order chi connectivity index (χ0) is 13.2. The Labute approximate surface area is 114 Å². The number of carbonyl (C=O) groups excluding carboxylic acids is 1. The molecule has 1 aliphatic heterocycles. The van der Waals surface area contributed by atoms with Gasteiger partial charge in [-0.2, -0.15) is 0 Å². The van der Waals surface area contributed by atoms with Crippen molar-refractivity contribution >= 4 is 22.9 Å². The summed E-state index contributed by atoms with van der Waals surface area (Å²) in [5, 5.41) is 8.90. The first-order valence-corrected chi connectivity index (χ1v) is 6.97. The molecule has 1 aliphatic rings. The molecule has 0 amide bonds. The summed E-state index contributed by atoms with van der Waals surface area (Å²) in [7, 11) is 0. The summed E-state index contributed by atoms with van der Waals surface area (Å²) in [6.45, 7) is 3.52. The zero-order valence-electron chi connectivity index (χ0n) is 10.5. The first-order chi connectivity index (χ1) is 9.24. The van der Waals surface area contributed by atoms with Gasteiger partial charge >= 0.3 is 0 Å². The van der Waals surface area contributed by atoms with Gasteiger partial charge in [0.15, 0.2) is 15.8 Å². The van der Waals surface area contributed by atoms with Gasteiger partial charge in [0.1, 0.15) is 11.5 Å². The summed E-state index contributed by atoms with van der Waals surface area (Å²) >= 11 is 1.25. The van der Waals surface area contributed by atoms with Gasteiger partial charge in [0.2, 0.25) is 0 Å². The highest BCUT2D eigenvalue weighted by Gasteiger charge is 2.16. The molecule has 6 nitrogen and oxygen atoms in total. The molecule has 0 unspecified atom stereocenters.